The highest BCUT2D eigenvalue weighted by atomic mass is 79.9. The summed E-state index contributed by atoms with van der Waals surface area (Å²) in [5.41, 5.74) is 6.46. The fraction of sp³-hybridized carbons (Fsp3) is 0.200. The normalized spacial score (nSPS) is 12.3. The maximum absolute atomic E-state index is 13.4. The smallest absolute Gasteiger partial charge is 0.147 e. The van der Waals surface area contributed by atoms with E-state index in [0.717, 1.165) is 0 Å². The fourth-order valence-electron chi connectivity index (χ4n) is 1.85. The molecular formula is C15H13BrCl2FNO. The lowest BCUT2D eigenvalue weighted by atomic mass is 10.1. The van der Waals surface area contributed by atoms with Crippen molar-refractivity contribution < 1.29 is 9.13 Å². The van der Waals surface area contributed by atoms with Gasteiger partial charge >= 0.3 is 0 Å². The second-order valence-electron chi connectivity index (χ2n) is 4.73. The quantitative estimate of drug-likeness (QED) is 0.689. The van der Waals surface area contributed by atoms with Crippen LogP contribution in [-0.4, -0.2) is 6.04 Å². The molecule has 0 aromatic heterocycles. The average molecular weight is 393 g/mol. The van der Waals surface area contributed by atoms with Crippen LogP contribution in [0.15, 0.2) is 34.8 Å². The molecule has 2 aromatic rings. The van der Waals surface area contributed by atoms with Gasteiger partial charge in [0.05, 0.1) is 10.0 Å². The molecule has 0 saturated carbocycles. The summed E-state index contributed by atoms with van der Waals surface area (Å²) < 4.78 is 19.8. The van der Waals surface area contributed by atoms with Gasteiger partial charge in [-0.05, 0) is 59.1 Å². The third kappa shape index (κ3) is 4.33. The van der Waals surface area contributed by atoms with Crippen molar-refractivity contribution >= 4 is 39.1 Å². The molecule has 2 N–H and O–H groups in total. The van der Waals surface area contributed by atoms with Crippen LogP contribution in [-0.2, 0) is 6.42 Å². The van der Waals surface area contributed by atoms with Gasteiger partial charge in [0.15, 0.2) is 0 Å². The van der Waals surface area contributed by atoms with Gasteiger partial charge in [-0.3, -0.25) is 0 Å². The lowest BCUT2D eigenvalue weighted by Gasteiger charge is -2.14. The summed E-state index contributed by atoms with van der Waals surface area (Å²) in [5, 5.41) is 0.882. The van der Waals surface area contributed by atoms with Crippen LogP contribution in [0.1, 0.15) is 12.5 Å². The van der Waals surface area contributed by atoms with Gasteiger partial charge in [-0.25, -0.2) is 4.39 Å². The predicted molar refractivity (Wildman–Crippen MR) is 88.0 cm³/mol. The Morgan fingerprint density at radius 2 is 1.90 bits per heavy atom. The van der Waals surface area contributed by atoms with E-state index >= 15 is 0 Å². The van der Waals surface area contributed by atoms with Crippen LogP contribution in [0.4, 0.5) is 4.39 Å². The van der Waals surface area contributed by atoms with Crippen LogP contribution < -0.4 is 10.5 Å². The van der Waals surface area contributed by atoms with Crippen LogP contribution in [0, 0.1) is 5.82 Å². The molecule has 21 heavy (non-hydrogen) atoms. The summed E-state index contributed by atoms with van der Waals surface area (Å²) in [7, 11) is 0. The lowest BCUT2D eigenvalue weighted by molar-refractivity contribution is 0.471. The lowest BCUT2D eigenvalue weighted by Crippen LogP contribution is -2.18. The predicted octanol–water partition coefficient (Wildman–Crippen LogP) is 5.58. The Kier molecular flexibility index (Phi) is 5.49. The molecule has 6 heteroatoms. The summed E-state index contributed by atoms with van der Waals surface area (Å²) in [6.45, 7) is 1.85. The van der Waals surface area contributed by atoms with Gasteiger partial charge < -0.3 is 10.5 Å². The van der Waals surface area contributed by atoms with Crippen molar-refractivity contribution in [2.75, 3.05) is 0 Å². The average Bonchev–Trinajstić information content (AvgIpc) is 2.38. The van der Waals surface area contributed by atoms with Crippen LogP contribution >= 0.6 is 39.1 Å². The minimum absolute atomic E-state index is 0.113. The summed E-state index contributed by atoms with van der Waals surface area (Å²) in [5.74, 6) is 0.578. The number of hydrogen-bond acceptors (Lipinski definition) is 2. The Labute approximate surface area is 141 Å². The number of rotatable bonds is 4. The van der Waals surface area contributed by atoms with Crippen molar-refractivity contribution in [1.82, 2.24) is 0 Å². The van der Waals surface area contributed by atoms with E-state index in [1.54, 1.807) is 18.2 Å². The maximum atomic E-state index is 13.4. The van der Waals surface area contributed by atoms with Crippen molar-refractivity contribution in [2.24, 2.45) is 5.73 Å². The van der Waals surface area contributed by atoms with E-state index in [0.29, 0.717) is 38.0 Å². The SMILES string of the molecule is CC(N)Cc1cc(F)ccc1Oc1cc(Cl)c(Br)cc1Cl. The van der Waals surface area contributed by atoms with Crippen LogP contribution in [0.2, 0.25) is 10.0 Å². The molecular weight excluding hydrogens is 380 g/mol. The van der Waals surface area contributed by atoms with Gasteiger partial charge in [-0.1, -0.05) is 23.2 Å². The van der Waals surface area contributed by atoms with E-state index in [1.807, 2.05) is 6.92 Å². The monoisotopic (exact) mass is 391 g/mol. The Bertz CT molecular complexity index is 664. The number of benzene rings is 2. The van der Waals surface area contributed by atoms with Crippen molar-refractivity contribution in [2.45, 2.75) is 19.4 Å². The molecule has 0 bridgehead atoms. The first-order valence-electron chi connectivity index (χ1n) is 6.23. The number of ether oxygens (including phenoxy) is 1. The van der Waals surface area contributed by atoms with Crippen molar-refractivity contribution in [3.63, 3.8) is 0 Å². The molecule has 0 saturated heterocycles. The highest BCUT2D eigenvalue weighted by molar-refractivity contribution is 9.10. The highest BCUT2D eigenvalue weighted by Crippen LogP contribution is 2.37. The zero-order valence-electron chi connectivity index (χ0n) is 11.2. The first kappa shape index (κ1) is 16.6. The van der Waals surface area contributed by atoms with Gasteiger partial charge in [-0.15, -0.1) is 0 Å². The second kappa shape index (κ2) is 6.97. The first-order valence-corrected chi connectivity index (χ1v) is 7.78. The molecule has 0 aliphatic rings. The molecule has 1 unspecified atom stereocenters. The van der Waals surface area contributed by atoms with Gasteiger partial charge in [0, 0.05) is 16.6 Å². The zero-order chi connectivity index (χ0) is 15.6. The van der Waals surface area contributed by atoms with Gasteiger partial charge in [-0.2, -0.15) is 0 Å². The van der Waals surface area contributed by atoms with E-state index in [9.17, 15) is 4.39 Å². The Morgan fingerprint density at radius 3 is 2.57 bits per heavy atom. The zero-order valence-corrected chi connectivity index (χ0v) is 14.3. The molecule has 0 radical (unpaired) electrons. The van der Waals surface area contributed by atoms with Gasteiger partial charge in [0.25, 0.3) is 0 Å². The first-order chi connectivity index (χ1) is 9.86. The van der Waals surface area contributed by atoms with E-state index in [2.05, 4.69) is 15.9 Å². The summed E-state index contributed by atoms with van der Waals surface area (Å²) in [6.07, 6.45) is 0.495. The summed E-state index contributed by atoms with van der Waals surface area (Å²) in [6, 6.07) is 7.43. The highest BCUT2D eigenvalue weighted by Gasteiger charge is 2.12. The van der Waals surface area contributed by atoms with Crippen LogP contribution in [0.25, 0.3) is 0 Å². The van der Waals surface area contributed by atoms with E-state index in [4.69, 9.17) is 33.7 Å². The standard InChI is InChI=1S/C15H13BrCl2FNO/c1-8(20)4-9-5-10(19)2-3-14(9)21-15-7-12(17)11(16)6-13(15)18/h2-3,5-8H,4,20H2,1H3. The molecule has 0 fully saturated rings. The fourth-order valence-corrected chi connectivity index (χ4v) is 2.69. The summed E-state index contributed by atoms with van der Waals surface area (Å²) in [4.78, 5) is 0. The van der Waals surface area contributed by atoms with Gasteiger partial charge in [0.1, 0.15) is 17.3 Å². The third-order valence-corrected chi connectivity index (χ3v) is 4.25. The van der Waals surface area contributed by atoms with Crippen molar-refractivity contribution in [3.8, 4) is 11.5 Å². The molecule has 0 heterocycles. The Balaban J connectivity index is 2.37. The molecule has 0 aliphatic carbocycles. The Morgan fingerprint density at radius 1 is 1.19 bits per heavy atom. The van der Waals surface area contributed by atoms with Crippen LogP contribution in [0.3, 0.4) is 0 Å². The molecule has 2 nitrogen and oxygen atoms in total. The van der Waals surface area contributed by atoms with Crippen molar-refractivity contribution in [3.05, 3.63) is 56.2 Å². The van der Waals surface area contributed by atoms with E-state index in [-0.39, 0.29) is 11.9 Å². The summed E-state index contributed by atoms with van der Waals surface area (Å²) >= 11 is 15.4. The molecule has 0 aliphatic heterocycles. The number of hydrogen-bond donors (Lipinski definition) is 1. The van der Waals surface area contributed by atoms with E-state index < -0.39 is 0 Å². The largest absolute Gasteiger partial charge is 0.455 e. The van der Waals surface area contributed by atoms with E-state index in [1.165, 1.54) is 12.1 Å². The molecule has 0 amide bonds. The second-order valence-corrected chi connectivity index (χ2v) is 6.40. The minimum atomic E-state index is -0.335. The van der Waals surface area contributed by atoms with Crippen LogP contribution in [0.5, 0.6) is 11.5 Å². The number of halogens is 4. The minimum Gasteiger partial charge on any atom is -0.455 e. The maximum Gasteiger partial charge on any atom is 0.147 e. The molecule has 112 valence electrons. The Hall–Kier alpha value is -0.810. The third-order valence-electron chi connectivity index (χ3n) is 2.76. The topological polar surface area (TPSA) is 35.2 Å². The molecule has 2 aromatic carbocycles. The van der Waals surface area contributed by atoms with Gasteiger partial charge in [0.2, 0.25) is 0 Å². The molecule has 0 spiro atoms. The molecule has 2 rings (SSSR count). The number of nitrogens with two attached hydrogens (primary N) is 1. The van der Waals surface area contributed by atoms with Crippen molar-refractivity contribution in [1.29, 1.82) is 0 Å². The molecule has 1 atom stereocenters.